The topological polar surface area (TPSA) is 23.8 Å². The van der Waals surface area contributed by atoms with E-state index in [1.54, 1.807) is 6.07 Å². The van der Waals surface area contributed by atoms with Crippen LogP contribution in [0.1, 0.15) is 0 Å². The van der Waals surface area contributed by atoms with Crippen molar-refractivity contribution < 1.29 is 0 Å². The summed E-state index contributed by atoms with van der Waals surface area (Å²) in [5, 5.41) is 7.35. The summed E-state index contributed by atoms with van der Waals surface area (Å²) in [6.07, 6.45) is 0. The number of hydrogen-bond donors (Lipinski definition) is 0. The number of hydrogen-bond acceptors (Lipinski definition) is 1. The molecule has 3 heteroatoms. The maximum Gasteiger partial charge on any atom is 0.134 e. The van der Waals surface area contributed by atoms with Crippen molar-refractivity contribution in [2.24, 2.45) is 0 Å². The van der Waals surface area contributed by atoms with Crippen molar-refractivity contribution in [2.75, 3.05) is 5.88 Å². The fourth-order valence-corrected chi connectivity index (χ4v) is 0.104. The Morgan fingerprint density at radius 2 is 2.33 bits per heavy atom. The molecule has 0 spiro atoms. The molecule has 0 aliphatic heterocycles. The largest absolute Gasteiger partial charge is 0.197 e. The Kier molecular flexibility index (Phi) is 3.31. The van der Waals surface area contributed by atoms with E-state index in [0.717, 1.165) is 0 Å². The Hall–Kier alpha value is 0.0700. The van der Waals surface area contributed by atoms with E-state index < -0.39 is 5.38 Å². The number of rotatable bonds is 1. The summed E-state index contributed by atoms with van der Waals surface area (Å²) in [7, 11) is 0. The van der Waals surface area contributed by atoms with Gasteiger partial charge in [0.2, 0.25) is 0 Å². The molecule has 0 unspecified atom stereocenters. The van der Waals surface area contributed by atoms with Gasteiger partial charge in [-0.2, -0.15) is 5.26 Å². The van der Waals surface area contributed by atoms with Gasteiger partial charge in [0.1, 0.15) is 5.38 Å². The van der Waals surface area contributed by atoms with Crippen LogP contribution in [0.3, 0.4) is 0 Å². The molecule has 1 nitrogen and oxygen atoms in total. The lowest BCUT2D eigenvalue weighted by atomic mass is 10.5. The highest BCUT2D eigenvalue weighted by Crippen LogP contribution is 1.93. The highest BCUT2D eigenvalue weighted by molar-refractivity contribution is 6.29. The molecule has 0 amide bonds. The van der Waals surface area contributed by atoms with Gasteiger partial charge in [-0.15, -0.1) is 23.2 Å². The lowest BCUT2D eigenvalue weighted by Crippen LogP contribution is -1.91. The van der Waals surface area contributed by atoms with Gasteiger partial charge in [0.05, 0.1) is 11.9 Å². The van der Waals surface area contributed by atoms with Crippen LogP contribution < -0.4 is 0 Å². The van der Waals surface area contributed by atoms with Gasteiger partial charge >= 0.3 is 0 Å². The van der Waals surface area contributed by atoms with Gasteiger partial charge in [0.15, 0.2) is 0 Å². The van der Waals surface area contributed by atoms with Crippen LogP contribution in [0.4, 0.5) is 0 Å². The van der Waals surface area contributed by atoms with Crippen LogP contribution >= 0.6 is 23.2 Å². The second-order valence-electron chi connectivity index (χ2n) is 0.751. The zero-order valence-electron chi connectivity index (χ0n) is 2.99. The number of alkyl halides is 2. The highest BCUT2D eigenvalue weighted by Gasteiger charge is 1.93. The molecule has 0 bridgehead atoms. The minimum atomic E-state index is -0.522. The first-order valence-electron chi connectivity index (χ1n) is 1.41. The summed E-state index contributed by atoms with van der Waals surface area (Å²) in [6, 6.07) is 1.75. The molecular weight excluding hydrogens is 121 g/mol. The molecule has 0 N–H and O–H groups in total. The molecule has 0 aliphatic carbocycles. The van der Waals surface area contributed by atoms with Gasteiger partial charge in [0, 0.05) is 0 Å². The Morgan fingerprint density at radius 3 is 2.33 bits per heavy atom. The third kappa shape index (κ3) is 2.32. The molecule has 0 saturated carbocycles. The normalized spacial score (nSPS) is 12.8. The Bertz CT molecular complexity index is 65.7. The van der Waals surface area contributed by atoms with Crippen molar-refractivity contribution in [1.29, 1.82) is 5.26 Å². The Labute approximate surface area is 46.5 Å². The third-order valence-electron chi connectivity index (χ3n) is 0.276. The summed E-state index contributed by atoms with van der Waals surface area (Å²) in [5.74, 6) is 0.206. The summed E-state index contributed by atoms with van der Waals surface area (Å²) in [5.41, 5.74) is 0. The van der Waals surface area contributed by atoms with E-state index in [2.05, 4.69) is 0 Å². The Morgan fingerprint density at radius 1 is 1.83 bits per heavy atom. The Balaban J connectivity index is 3.04. The summed E-state index contributed by atoms with van der Waals surface area (Å²) < 4.78 is 0. The maximum absolute atomic E-state index is 7.87. The monoisotopic (exact) mass is 123 g/mol. The van der Waals surface area contributed by atoms with Crippen LogP contribution in [-0.4, -0.2) is 11.3 Å². The molecule has 6 heavy (non-hydrogen) atoms. The van der Waals surface area contributed by atoms with E-state index in [-0.39, 0.29) is 5.88 Å². The standard InChI is InChI=1S/C3H3Cl2N/c4-1-3(5)2-6/h3H,1H2/t3-/m0/s1. The molecule has 0 aromatic heterocycles. The molecule has 0 aromatic rings. The lowest BCUT2D eigenvalue weighted by Gasteiger charge is -1.82. The van der Waals surface area contributed by atoms with E-state index in [9.17, 15) is 0 Å². The molecule has 0 aromatic carbocycles. The predicted octanol–water partition coefficient (Wildman–Crippen LogP) is 1.36. The third-order valence-corrected chi connectivity index (χ3v) is 0.994. The first-order valence-corrected chi connectivity index (χ1v) is 2.38. The van der Waals surface area contributed by atoms with E-state index in [1.165, 1.54) is 0 Å². The van der Waals surface area contributed by atoms with Crippen molar-refractivity contribution in [3.63, 3.8) is 0 Å². The van der Waals surface area contributed by atoms with E-state index in [0.29, 0.717) is 0 Å². The highest BCUT2D eigenvalue weighted by atomic mass is 35.5. The number of nitriles is 1. The average Bonchev–Trinajstić information content (AvgIpc) is 1.65. The van der Waals surface area contributed by atoms with Gasteiger partial charge in [0.25, 0.3) is 0 Å². The van der Waals surface area contributed by atoms with Gasteiger partial charge < -0.3 is 0 Å². The molecule has 0 saturated heterocycles. The number of halogens is 2. The van der Waals surface area contributed by atoms with Gasteiger partial charge in [-0.25, -0.2) is 0 Å². The molecule has 0 radical (unpaired) electrons. The minimum absolute atomic E-state index is 0.206. The first kappa shape index (κ1) is 6.07. The van der Waals surface area contributed by atoms with Crippen LogP contribution in [-0.2, 0) is 0 Å². The van der Waals surface area contributed by atoms with Gasteiger partial charge in [-0.1, -0.05) is 0 Å². The fourth-order valence-electron chi connectivity index (χ4n) is 0.0345. The fraction of sp³-hybridized carbons (Fsp3) is 0.667. The maximum atomic E-state index is 7.87. The van der Waals surface area contributed by atoms with E-state index in [1.807, 2.05) is 0 Å². The minimum Gasteiger partial charge on any atom is -0.197 e. The molecule has 0 rings (SSSR count). The zero-order valence-corrected chi connectivity index (χ0v) is 4.50. The van der Waals surface area contributed by atoms with Crippen molar-refractivity contribution in [3.8, 4) is 6.07 Å². The van der Waals surface area contributed by atoms with Crippen LogP contribution in [0.2, 0.25) is 0 Å². The van der Waals surface area contributed by atoms with Crippen LogP contribution in [0.25, 0.3) is 0 Å². The summed E-state index contributed by atoms with van der Waals surface area (Å²) in [4.78, 5) is 0. The quantitative estimate of drug-likeness (QED) is 0.484. The smallest absolute Gasteiger partial charge is 0.134 e. The second kappa shape index (κ2) is 3.27. The molecular formula is C3H3Cl2N. The predicted molar refractivity (Wildman–Crippen MR) is 26.0 cm³/mol. The van der Waals surface area contributed by atoms with Crippen molar-refractivity contribution in [3.05, 3.63) is 0 Å². The SMILES string of the molecule is N#C[C@@H](Cl)CCl. The molecule has 0 aliphatic rings. The second-order valence-corrected chi connectivity index (χ2v) is 1.59. The summed E-state index contributed by atoms with van der Waals surface area (Å²) >= 11 is 10.3. The average molecular weight is 124 g/mol. The van der Waals surface area contributed by atoms with Crippen molar-refractivity contribution >= 4 is 23.2 Å². The molecule has 34 valence electrons. The molecule has 0 fully saturated rings. The van der Waals surface area contributed by atoms with Crippen LogP contribution in [0.5, 0.6) is 0 Å². The van der Waals surface area contributed by atoms with E-state index in [4.69, 9.17) is 28.5 Å². The lowest BCUT2D eigenvalue weighted by molar-refractivity contribution is 1.24. The zero-order chi connectivity index (χ0) is 4.99. The molecule has 0 heterocycles. The first-order chi connectivity index (χ1) is 2.81. The number of nitrogens with zero attached hydrogens (tertiary/aromatic N) is 1. The van der Waals surface area contributed by atoms with Crippen molar-refractivity contribution in [2.45, 2.75) is 5.38 Å². The van der Waals surface area contributed by atoms with Gasteiger partial charge in [-0.05, 0) is 0 Å². The molecule has 1 atom stereocenters. The summed E-state index contributed by atoms with van der Waals surface area (Å²) in [6.45, 7) is 0. The van der Waals surface area contributed by atoms with Crippen LogP contribution in [0.15, 0.2) is 0 Å². The van der Waals surface area contributed by atoms with Gasteiger partial charge in [-0.3, -0.25) is 0 Å². The van der Waals surface area contributed by atoms with Crippen LogP contribution in [0, 0.1) is 11.3 Å². The van der Waals surface area contributed by atoms with Crippen molar-refractivity contribution in [1.82, 2.24) is 0 Å². The van der Waals surface area contributed by atoms with E-state index >= 15 is 0 Å².